The number of hydrogen-bond acceptors (Lipinski definition) is 4. The summed E-state index contributed by atoms with van der Waals surface area (Å²) in [5.74, 6) is 1.27. The van der Waals surface area contributed by atoms with Crippen LogP contribution < -0.4 is 5.73 Å². The third-order valence-corrected chi connectivity index (χ3v) is 5.59. The first kappa shape index (κ1) is 11.6. The van der Waals surface area contributed by atoms with Crippen molar-refractivity contribution in [2.45, 2.75) is 37.0 Å². The number of thiazole rings is 1. The lowest BCUT2D eigenvalue weighted by Crippen LogP contribution is -2.36. The fourth-order valence-electron chi connectivity index (χ4n) is 2.35. The van der Waals surface area contributed by atoms with Gasteiger partial charge >= 0.3 is 0 Å². The molecular formula is C12H17N3S2. The van der Waals surface area contributed by atoms with E-state index < -0.39 is 0 Å². The maximum Gasteiger partial charge on any atom is 0.193 e. The predicted molar refractivity (Wildman–Crippen MR) is 74.8 cm³/mol. The highest BCUT2D eigenvalue weighted by Gasteiger charge is 2.22. The van der Waals surface area contributed by atoms with Gasteiger partial charge in [0.05, 0.1) is 5.69 Å². The quantitative estimate of drug-likeness (QED) is 0.929. The molecule has 92 valence electrons. The molecule has 0 aliphatic carbocycles. The maximum absolute atomic E-state index is 6.30. The monoisotopic (exact) mass is 267 g/mol. The molecule has 0 bridgehead atoms. The van der Waals surface area contributed by atoms with Crippen LogP contribution in [0.25, 0.3) is 4.96 Å². The summed E-state index contributed by atoms with van der Waals surface area (Å²) in [6, 6.07) is 0.255. The normalized spacial score (nSPS) is 23.0. The van der Waals surface area contributed by atoms with Crippen molar-refractivity contribution in [1.29, 1.82) is 0 Å². The lowest BCUT2D eigenvalue weighted by atomic mass is 10.0. The number of nitrogens with two attached hydrogens (primary N) is 1. The molecular weight excluding hydrogens is 250 g/mol. The van der Waals surface area contributed by atoms with Gasteiger partial charge in [-0.25, -0.2) is 4.98 Å². The average molecular weight is 267 g/mol. The van der Waals surface area contributed by atoms with E-state index in [1.807, 2.05) is 11.8 Å². The average Bonchev–Trinajstić information content (AvgIpc) is 2.90. The van der Waals surface area contributed by atoms with E-state index in [-0.39, 0.29) is 6.04 Å². The van der Waals surface area contributed by atoms with Gasteiger partial charge in [-0.15, -0.1) is 11.3 Å². The molecule has 5 heteroatoms. The summed E-state index contributed by atoms with van der Waals surface area (Å²) in [6.07, 6.45) is 9.04. The van der Waals surface area contributed by atoms with Gasteiger partial charge in [-0.1, -0.05) is 6.42 Å². The van der Waals surface area contributed by atoms with E-state index in [1.165, 1.54) is 25.0 Å². The predicted octanol–water partition coefficient (Wildman–Crippen LogP) is 2.55. The van der Waals surface area contributed by atoms with Crippen LogP contribution >= 0.6 is 23.1 Å². The highest BCUT2D eigenvalue weighted by Crippen LogP contribution is 2.28. The Hall–Kier alpha value is -0.520. The Labute approximate surface area is 109 Å². The molecule has 2 N–H and O–H groups in total. The number of hydrogen-bond donors (Lipinski definition) is 1. The van der Waals surface area contributed by atoms with E-state index in [2.05, 4.69) is 27.2 Å². The van der Waals surface area contributed by atoms with Gasteiger partial charge in [0.15, 0.2) is 4.96 Å². The molecule has 1 saturated heterocycles. The van der Waals surface area contributed by atoms with E-state index in [0.29, 0.717) is 5.25 Å². The fraction of sp³-hybridized carbons (Fsp3) is 0.583. The lowest BCUT2D eigenvalue weighted by molar-refractivity contribution is 0.556. The second kappa shape index (κ2) is 5.00. The van der Waals surface area contributed by atoms with Crippen LogP contribution in [0.5, 0.6) is 0 Å². The molecule has 2 aromatic rings. The Morgan fingerprint density at radius 1 is 1.53 bits per heavy atom. The highest BCUT2D eigenvalue weighted by atomic mass is 32.2. The van der Waals surface area contributed by atoms with E-state index in [4.69, 9.17) is 5.73 Å². The summed E-state index contributed by atoms with van der Waals surface area (Å²) in [4.78, 5) is 5.67. The van der Waals surface area contributed by atoms with Gasteiger partial charge in [-0.3, -0.25) is 4.40 Å². The number of fused-ring (bicyclic) bond motifs is 1. The largest absolute Gasteiger partial charge is 0.326 e. The zero-order valence-corrected chi connectivity index (χ0v) is 11.3. The molecule has 0 radical (unpaired) electrons. The van der Waals surface area contributed by atoms with Crippen molar-refractivity contribution in [3.63, 3.8) is 0 Å². The summed E-state index contributed by atoms with van der Waals surface area (Å²) in [5, 5.41) is 2.69. The molecule has 0 spiro atoms. The molecule has 1 aliphatic rings. The summed E-state index contributed by atoms with van der Waals surface area (Å²) in [6.45, 7) is 0. The van der Waals surface area contributed by atoms with Gasteiger partial charge in [-0.05, 0) is 18.6 Å². The molecule has 3 heterocycles. The van der Waals surface area contributed by atoms with Crippen molar-refractivity contribution in [3.8, 4) is 0 Å². The first-order valence-corrected chi connectivity index (χ1v) is 8.04. The molecule has 3 rings (SSSR count). The molecule has 0 saturated carbocycles. The molecule has 1 aliphatic heterocycles. The maximum atomic E-state index is 6.30. The second-order valence-electron chi connectivity index (χ2n) is 4.60. The van der Waals surface area contributed by atoms with Crippen LogP contribution in [0.3, 0.4) is 0 Å². The SMILES string of the molecule is NC(Cc1cn2ccsc2n1)C1CCCCS1. The number of imidazole rings is 1. The van der Waals surface area contributed by atoms with E-state index in [9.17, 15) is 0 Å². The summed E-state index contributed by atoms with van der Waals surface area (Å²) in [7, 11) is 0. The van der Waals surface area contributed by atoms with Crippen LogP contribution in [0.1, 0.15) is 25.0 Å². The zero-order chi connectivity index (χ0) is 11.7. The third-order valence-electron chi connectivity index (χ3n) is 3.28. The first-order valence-electron chi connectivity index (χ1n) is 6.11. The van der Waals surface area contributed by atoms with Gasteiger partial charge < -0.3 is 5.73 Å². The number of rotatable bonds is 3. The summed E-state index contributed by atoms with van der Waals surface area (Å²) < 4.78 is 2.08. The van der Waals surface area contributed by atoms with Crippen molar-refractivity contribution in [2.24, 2.45) is 5.73 Å². The van der Waals surface area contributed by atoms with Crippen LogP contribution in [0.15, 0.2) is 17.8 Å². The summed E-state index contributed by atoms with van der Waals surface area (Å²) >= 11 is 3.72. The van der Waals surface area contributed by atoms with Crippen molar-refractivity contribution < 1.29 is 0 Å². The molecule has 2 unspecified atom stereocenters. The molecule has 0 amide bonds. The smallest absolute Gasteiger partial charge is 0.193 e. The Morgan fingerprint density at radius 3 is 3.24 bits per heavy atom. The fourth-order valence-corrected chi connectivity index (χ4v) is 4.42. The number of nitrogens with zero attached hydrogens (tertiary/aromatic N) is 2. The Morgan fingerprint density at radius 2 is 2.47 bits per heavy atom. The van der Waals surface area contributed by atoms with Crippen LogP contribution in [0.4, 0.5) is 0 Å². The summed E-state index contributed by atoms with van der Waals surface area (Å²) in [5.41, 5.74) is 7.44. The highest BCUT2D eigenvalue weighted by molar-refractivity contribution is 8.00. The molecule has 2 atom stereocenters. The Kier molecular flexibility index (Phi) is 3.40. The Balaban J connectivity index is 1.67. The van der Waals surface area contributed by atoms with Crippen LogP contribution in [0.2, 0.25) is 0 Å². The van der Waals surface area contributed by atoms with E-state index in [1.54, 1.807) is 11.3 Å². The topological polar surface area (TPSA) is 43.3 Å². The van der Waals surface area contributed by atoms with Crippen LogP contribution in [-0.4, -0.2) is 26.4 Å². The van der Waals surface area contributed by atoms with Crippen LogP contribution in [0, 0.1) is 0 Å². The standard InChI is InChI=1S/C12H17N3S2/c13-10(11-3-1-2-5-16-11)7-9-8-15-4-6-17-12(15)14-9/h4,6,8,10-11H,1-3,5,7,13H2. The van der Waals surface area contributed by atoms with E-state index in [0.717, 1.165) is 17.1 Å². The third kappa shape index (κ3) is 2.51. The zero-order valence-electron chi connectivity index (χ0n) is 9.71. The van der Waals surface area contributed by atoms with Gasteiger partial charge in [0.1, 0.15) is 0 Å². The van der Waals surface area contributed by atoms with Crippen molar-refractivity contribution in [1.82, 2.24) is 9.38 Å². The second-order valence-corrected chi connectivity index (χ2v) is 6.82. The van der Waals surface area contributed by atoms with E-state index >= 15 is 0 Å². The van der Waals surface area contributed by atoms with Gasteiger partial charge in [0, 0.05) is 35.5 Å². The van der Waals surface area contributed by atoms with Gasteiger partial charge in [0.2, 0.25) is 0 Å². The lowest BCUT2D eigenvalue weighted by Gasteiger charge is -2.26. The van der Waals surface area contributed by atoms with Gasteiger partial charge in [-0.2, -0.15) is 11.8 Å². The minimum Gasteiger partial charge on any atom is -0.326 e. The molecule has 17 heavy (non-hydrogen) atoms. The van der Waals surface area contributed by atoms with Crippen molar-refractivity contribution in [3.05, 3.63) is 23.5 Å². The minimum absolute atomic E-state index is 0.255. The number of aromatic nitrogens is 2. The van der Waals surface area contributed by atoms with Crippen LogP contribution in [-0.2, 0) is 6.42 Å². The molecule has 2 aromatic heterocycles. The van der Waals surface area contributed by atoms with Crippen molar-refractivity contribution >= 4 is 28.1 Å². The van der Waals surface area contributed by atoms with Gasteiger partial charge in [0.25, 0.3) is 0 Å². The first-order chi connectivity index (χ1) is 8.33. The molecule has 0 aromatic carbocycles. The minimum atomic E-state index is 0.255. The Bertz CT molecular complexity index is 456. The number of thioether (sulfide) groups is 1. The van der Waals surface area contributed by atoms with Crippen molar-refractivity contribution in [2.75, 3.05) is 5.75 Å². The molecule has 3 nitrogen and oxygen atoms in total. The molecule has 1 fully saturated rings.